The van der Waals surface area contributed by atoms with Gasteiger partial charge in [0.15, 0.2) is 0 Å². The van der Waals surface area contributed by atoms with Crippen molar-refractivity contribution in [3.05, 3.63) is 12.2 Å². The van der Waals surface area contributed by atoms with E-state index in [-0.39, 0.29) is 5.92 Å². The number of carboxylic acid groups (broad SMARTS) is 2. The highest BCUT2D eigenvalue weighted by atomic mass is 16.4. The molecule has 0 heterocycles. The average molecular weight is 537 g/mol. The van der Waals surface area contributed by atoms with Crippen LogP contribution in [-0.4, -0.2) is 22.2 Å². The van der Waals surface area contributed by atoms with E-state index in [0.717, 1.165) is 38.5 Å². The number of aliphatic carboxylic acids is 2. The zero-order chi connectivity index (χ0) is 27.9. The Morgan fingerprint density at radius 1 is 0.500 bits per heavy atom. The van der Waals surface area contributed by atoms with Gasteiger partial charge in [0.25, 0.3) is 0 Å². The Morgan fingerprint density at radius 2 is 0.842 bits per heavy atom. The number of hydrogen-bond acceptors (Lipinski definition) is 2. The molecule has 1 atom stereocenters. The molecule has 0 amide bonds. The summed E-state index contributed by atoms with van der Waals surface area (Å²) >= 11 is 0. The van der Waals surface area contributed by atoms with Crippen LogP contribution in [0.25, 0.3) is 0 Å². The Kier molecular flexibility index (Phi) is 29.2. The van der Waals surface area contributed by atoms with Gasteiger partial charge in [-0.05, 0) is 44.9 Å². The van der Waals surface area contributed by atoms with Gasteiger partial charge in [0, 0.05) is 6.42 Å². The van der Waals surface area contributed by atoms with E-state index in [9.17, 15) is 14.7 Å². The molecule has 0 saturated carbocycles. The maximum absolute atomic E-state index is 11.6. The highest BCUT2D eigenvalue weighted by molar-refractivity contribution is 5.69. The maximum atomic E-state index is 11.6. The molecule has 38 heavy (non-hydrogen) atoms. The van der Waals surface area contributed by atoms with Crippen LogP contribution in [-0.2, 0) is 9.59 Å². The standard InChI is InChI=1S/C34H64O4/c1-2-3-4-5-6-7-8-9-11-14-17-20-23-26-29-32(34(37)38)30-27-24-21-18-15-12-10-13-16-19-22-25-28-31-33(35)36/h9,11,32H,2-8,10,12-31H2,1H3,(H,35,36)(H,37,38). The largest absolute Gasteiger partial charge is 0.481 e. The van der Waals surface area contributed by atoms with Crippen LogP contribution in [0.3, 0.4) is 0 Å². The molecule has 0 aliphatic carbocycles. The van der Waals surface area contributed by atoms with E-state index in [1.165, 1.54) is 135 Å². The summed E-state index contributed by atoms with van der Waals surface area (Å²) in [4.78, 5) is 22.1. The summed E-state index contributed by atoms with van der Waals surface area (Å²) in [5.74, 6) is -1.41. The van der Waals surface area contributed by atoms with Crippen LogP contribution in [0.1, 0.15) is 187 Å². The van der Waals surface area contributed by atoms with E-state index in [1.54, 1.807) is 0 Å². The topological polar surface area (TPSA) is 74.6 Å². The summed E-state index contributed by atoms with van der Waals surface area (Å²) in [6, 6.07) is 0. The SMILES string of the molecule is CCCCCCCCC=CCCCCCCC(CCCCCCCCCCCCCCCC(=O)O)C(=O)O. The lowest BCUT2D eigenvalue weighted by Crippen LogP contribution is -2.13. The maximum Gasteiger partial charge on any atom is 0.306 e. The number of carbonyl (C=O) groups is 2. The Balaban J connectivity index is 3.45. The third kappa shape index (κ3) is 29.2. The van der Waals surface area contributed by atoms with Gasteiger partial charge in [-0.15, -0.1) is 0 Å². The second-order valence-electron chi connectivity index (χ2n) is 11.6. The van der Waals surface area contributed by atoms with Crippen molar-refractivity contribution < 1.29 is 19.8 Å². The first kappa shape index (κ1) is 36.7. The number of rotatable bonds is 31. The third-order valence-corrected chi connectivity index (χ3v) is 7.86. The van der Waals surface area contributed by atoms with Gasteiger partial charge in [-0.2, -0.15) is 0 Å². The van der Waals surface area contributed by atoms with Crippen molar-refractivity contribution in [2.75, 3.05) is 0 Å². The van der Waals surface area contributed by atoms with Crippen LogP contribution in [0.5, 0.6) is 0 Å². The Hall–Kier alpha value is -1.32. The minimum Gasteiger partial charge on any atom is -0.481 e. The molecule has 0 saturated heterocycles. The van der Waals surface area contributed by atoms with Crippen LogP contribution in [0.2, 0.25) is 0 Å². The molecule has 1 unspecified atom stereocenters. The molecule has 0 aliphatic heterocycles. The van der Waals surface area contributed by atoms with E-state index in [2.05, 4.69) is 19.1 Å². The zero-order valence-electron chi connectivity index (χ0n) is 25.2. The molecule has 0 aromatic carbocycles. The molecule has 0 bridgehead atoms. The molecule has 0 aromatic heterocycles. The first-order valence-electron chi connectivity index (χ1n) is 16.7. The predicted octanol–water partition coefficient (Wildman–Crippen LogP) is 11.3. The van der Waals surface area contributed by atoms with Crippen molar-refractivity contribution in [3.8, 4) is 0 Å². The van der Waals surface area contributed by atoms with E-state index in [1.807, 2.05) is 0 Å². The molecule has 0 radical (unpaired) electrons. The first-order valence-corrected chi connectivity index (χ1v) is 16.7. The summed E-state index contributed by atoms with van der Waals surface area (Å²) in [6.07, 6.45) is 37.5. The molecule has 224 valence electrons. The Bertz CT molecular complexity index is 543. The van der Waals surface area contributed by atoms with E-state index in [4.69, 9.17) is 5.11 Å². The smallest absolute Gasteiger partial charge is 0.306 e. The van der Waals surface area contributed by atoms with Crippen molar-refractivity contribution in [2.24, 2.45) is 5.92 Å². The minimum atomic E-state index is -0.676. The molecule has 4 nitrogen and oxygen atoms in total. The summed E-state index contributed by atoms with van der Waals surface area (Å²) in [6.45, 7) is 2.27. The van der Waals surface area contributed by atoms with Gasteiger partial charge < -0.3 is 10.2 Å². The fourth-order valence-corrected chi connectivity index (χ4v) is 5.29. The molecule has 2 N–H and O–H groups in total. The molecule has 4 heteroatoms. The van der Waals surface area contributed by atoms with E-state index in [0.29, 0.717) is 6.42 Å². The van der Waals surface area contributed by atoms with E-state index >= 15 is 0 Å². The van der Waals surface area contributed by atoms with Gasteiger partial charge in [-0.25, -0.2) is 0 Å². The molecular weight excluding hydrogens is 472 g/mol. The molecule has 0 fully saturated rings. The quantitative estimate of drug-likeness (QED) is 0.0682. The van der Waals surface area contributed by atoms with Crippen LogP contribution < -0.4 is 0 Å². The van der Waals surface area contributed by atoms with Gasteiger partial charge in [0.2, 0.25) is 0 Å². The van der Waals surface area contributed by atoms with Gasteiger partial charge in [-0.1, -0.05) is 147 Å². The Labute approximate surface area is 236 Å². The van der Waals surface area contributed by atoms with Crippen molar-refractivity contribution in [2.45, 2.75) is 187 Å². The lowest BCUT2D eigenvalue weighted by atomic mass is 9.94. The van der Waals surface area contributed by atoms with Crippen molar-refractivity contribution in [3.63, 3.8) is 0 Å². The van der Waals surface area contributed by atoms with Gasteiger partial charge in [0.05, 0.1) is 5.92 Å². The van der Waals surface area contributed by atoms with E-state index < -0.39 is 11.9 Å². The van der Waals surface area contributed by atoms with Crippen molar-refractivity contribution in [1.82, 2.24) is 0 Å². The van der Waals surface area contributed by atoms with Crippen LogP contribution in [0.15, 0.2) is 12.2 Å². The fraction of sp³-hybridized carbons (Fsp3) is 0.882. The summed E-state index contributed by atoms with van der Waals surface area (Å²) in [5, 5.41) is 18.2. The monoisotopic (exact) mass is 536 g/mol. The van der Waals surface area contributed by atoms with Crippen LogP contribution >= 0.6 is 0 Å². The summed E-state index contributed by atoms with van der Waals surface area (Å²) < 4.78 is 0. The molecule has 0 rings (SSSR count). The summed E-state index contributed by atoms with van der Waals surface area (Å²) in [5.41, 5.74) is 0. The number of allylic oxidation sites excluding steroid dienone is 2. The fourth-order valence-electron chi connectivity index (χ4n) is 5.29. The second-order valence-corrected chi connectivity index (χ2v) is 11.6. The Morgan fingerprint density at radius 3 is 1.21 bits per heavy atom. The third-order valence-electron chi connectivity index (χ3n) is 7.86. The van der Waals surface area contributed by atoms with Gasteiger partial charge in [-0.3, -0.25) is 9.59 Å². The minimum absolute atomic E-state index is 0.142. The zero-order valence-corrected chi connectivity index (χ0v) is 25.2. The lowest BCUT2D eigenvalue weighted by Gasteiger charge is -2.12. The molecule has 0 spiro atoms. The highest BCUT2D eigenvalue weighted by Gasteiger charge is 2.16. The van der Waals surface area contributed by atoms with Crippen molar-refractivity contribution >= 4 is 11.9 Å². The summed E-state index contributed by atoms with van der Waals surface area (Å²) in [7, 11) is 0. The molecule has 0 aliphatic rings. The van der Waals surface area contributed by atoms with Crippen molar-refractivity contribution in [1.29, 1.82) is 0 Å². The van der Waals surface area contributed by atoms with Crippen LogP contribution in [0, 0.1) is 5.92 Å². The number of carboxylic acids is 2. The normalized spacial score (nSPS) is 12.3. The van der Waals surface area contributed by atoms with Crippen LogP contribution in [0.4, 0.5) is 0 Å². The lowest BCUT2D eigenvalue weighted by molar-refractivity contribution is -0.142. The number of unbranched alkanes of at least 4 members (excludes halogenated alkanes) is 22. The second kappa shape index (κ2) is 30.2. The first-order chi connectivity index (χ1) is 18.6. The van der Waals surface area contributed by atoms with Gasteiger partial charge in [0.1, 0.15) is 0 Å². The molecular formula is C34H64O4. The van der Waals surface area contributed by atoms with Gasteiger partial charge >= 0.3 is 11.9 Å². The number of hydrogen-bond donors (Lipinski definition) is 2. The average Bonchev–Trinajstić information content (AvgIpc) is 2.89. The molecule has 0 aromatic rings. The predicted molar refractivity (Wildman–Crippen MR) is 163 cm³/mol. The highest BCUT2D eigenvalue weighted by Crippen LogP contribution is 2.20.